The zero-order chi connectivity index (χ0) is 29.2. The van der Waals surface area contributed by atoms with E-state index < -0.39 is 16.1 Å². The van der Waals surface area contributed by atoms with Gasteiger partial charge in [0.15, 0.2) is 0 Å². The molecule has 7 nitrogen and oxygen atoms in total. The number of sulfonamides is 1. The molecule has 0 radical (unpaired) electrons. The second kappa shape index (κ2) is 14.6. The number of nitrogens with zero attached hydrogens (tertiary/aromatic N) is 2. The van der Waals surface area contributed by atoms with Gasteiger partial charge < -0.3 is 10.2 Å². The van der Waals surface area contributed by atoms with E-state index in [4.69, 9.17) is 11.6 Å². The maximum atomic E-state index is 13.9. The number of hydrogen-bond acceptors (Lipinski definition) is 4. The van der Waals surface area contributed by atoms with E-state index in [0.29, 0.717) is 31.1 Å². The minimum atomic E-state index is -3.49. The number of amides is 2. The number of halogens is 1. The van der Waals surface area contributed by atoms with E-state index in [0.717, 1.165) is 42.4 Å². The number of benzene rings is 3. The molecule has 2 amide bonds. The highest BCUT2D eigenvalue weighted by molar-refractivity contribution is 7.89. The maximum absolute atomic E-state index is 13.9. The number of hydrogen-bond donors (Lipinski definition) is 1. The Morgan fingerprint density at radius 1 is 0.927 bits per heavy atom. The summed E-state index contributed by atoms with van der Waals surface area (Å²) in [5.74, 6) is -0.392. The molecule has 1 aliphatic heterocycles. The molecule has 0 aromatic heterocycles. The summed E-state index contributed by atoms with van der Waals surface area (Å²) in [4.78, 5) is 29.3. The van der Waals surface area contributed by atoms with Crippen molar-refractivity contribution in [2.75, 3.05) is 19.6 Å². The van der Waals surface area contributed by atoms with Gasteiger partial charge in [0.2, 0.25) is 21.8 Å². The van der Waals surface area contributed by atoms with Crippen LogP contribution >= 0.6 is 11.6 Å². The van der Waals surface area contributed by atoms with Crippen LogP contribution in [0.1, 0.15) is 61.8 Å². The highest BCUT2D eigenvalue weighted by Gasteiger charge is 2.31. The van der Waals surface area contributed by atoms with E-state index in [1.807, 2.05) is 42.5 Å². The van der Waals surface area contributed by atoms with Gasteiger partial charge in [-0.15, -0.1) is 0 Å². The number of nitrogens with one attached hydrogen (secondary N) is 1. The second-order valence-electron chi connectivity index (χ2n) is 10.4. The molecule has 1 N–H and O–H groups in total. The van der Waals surface area contributed by atoms with Crippen LogP contribution in [0, 0.1) is 0 Å². The lowest BCUT2D eigenvalue weighted by Crippen LogP contribution is -2.43. The van der Waals surface area contributed by atoms with Gasteiger partial charge in [0.25, 0.3) is 0 Å². The van der Waals surface area contributed by atoms with Crippen LogP contribution in [0.3, 0.4) is 0 Å². The summed E-state index contributed by atoms with van der Waals surface area (Å²) in [5, 5.41) is 3.61. The van der Waals surface area contributed by atoms with E-state index in [1.165, 1.54) is 4.31 Å². The second-order valence-corrected chi connectivity index (χ2v) is 12.7. The third kappa shape index (κ3) is 8.18. The lowest BCUT2D eigenvalue weighted by atomic mass is 10.0. The van der Waals surface area contributed by atoms with Gasteiger partial charge >= 0.3 is 0 Å². The summed E-state index contributed by atoms with van der Waals surface area (Å²) in [7, 11) is -3.49. The first kappa shape index (κ1) is 30.8. The Balaban J connectivity index is 1.55. The predicted octanol–water partition coefficient (Wildman–Crippen LogP) is 5.74. The minimum Gasteiger partial charge on any atom is -0.354 e. The first-order valence-corrected chi connectivity index (χ1v) is 16.1. The number of rotatable bonds is 13. The van der Waals surface area contributed by atoms with Gasteiger partial charge in [-0.3, -0.25) is 9.59 Å². The molecule has 218 valence electrons. The van der Waals surface area contributed by atoms with Crippen LogP contribution in [-0.4, -0.2) is 49.1 Å². The molecule has 0 saturated carbocycles. The molecule has 1 aliphatic rings. The largest absolute Gasteiger partial charge is 0.354 e. The Hall–Kier alpha value is -3.20. The van der Waals surface area contributed by atoms with Gasteiger partial charge in [0.05, 0.1) is 4.90 Å². The first-order valence-electron chi connectivity index (χ1n) is 14.2. The fourth-order valence-electron chi connectivity index (χ4n) is 5.00. The molecular weight excluding hydrogens is 558 g/mol. The van der Waals surface area contributed by atoms with E-state index in [-0.39, 0.29) is 29.7 Å². The third-order valence-electron chi connectivity index (χ3n) is 7.35. The van der Waals surface area contributed by atoms with Crippen molar-refractivity contribution in [3.8, 4) is 0 Å². The predicted molar refractivity (Wildman–Crippen MR) is 162 cm³/mol. The van der Waals surface area contributed by atoms with Crippen molar-refractivity contribution >= 4 is 33.4 Å². The van der Waals surface area contributed by atoms with Crippen LogP contribution in [0.4, 0.5) is 0 Å². The van der Waals surface area contributed by atoms with Crippen molar-refractivity contribution in [1.82, 2.24) is 14.5 Å². The summed E-state index contributed by atoms with van der Waals surface area (Å²) >= 11 is 6.10. The molecule has 0 spiro atoms. The standard InChI is InChI=1S/C32H38ClN3O4S/c1-2-3-21-34-32(38)31(27-9-5-4-6-10-27)36(24-26-11-16-28(33)17-12-26)30(37)20-15-25-13-18-29(19-14-25)41(39,40)35-22-7-8-23-35/h4-6,9-14,16-19,31H,2-3,7-8,15,20-24H2,1H3,(H,34,38)/t31-/m0/s1. The van der Waals surface area contributed by atoms with Crippen molar-refractivity contribution in [2.45, 2.75) is 62.9 Å². The van der Waals surface area contributed by atoms with Gasteiger partial charge in [-0.25, -0.2) is 8.42 Å². The van der Waals surface area contributed by atoms with Gasteiger partial charge in [-0.05, 0) is 66.6 Å². The lowest BCUT2D eigenvalue weighted by Gasteiger charge is -2.32. The number of unbranched alkanes of at least 4 members (excludes halogenated alkanes) is 1. The Kier molecular flexibility index (Phi) is 11.0. The van der Waals surface area contributed by atoms with Crippen molar-refractivity contribution in [3.05, 3.63) is 101 Å². The fourth-order valence-corrected chi connectivity index (χ4v) is 6.65. The molecule has 0 unspecified atom stereocenters. The highest BCUT2D eigenvalue weighted by atomic mass is 35.5. The molecular formula is C32H38ClN3O4S. The summed E-state index contributed by atoms with van der Waals surface area (Å²) in [6.07, 6.45) is 4.14. The van der Waals surface area contributed by atoms with Crippen LogP contribution in [0.15, 0.2) is 83.8 Å². The monoisotopic (exact) mass is 595 g/mol. The average molecular weight is 596 g/mol. The molecule has 1 fully saturated rings. The normalized spacial score (nSPS) is 14.5. The quantitative estimate of drug-likeness (QED) is 0.255. The average Bonchev–Trinajstić information content (AvgIpc) is 3.54. The Morgan fingerprint density at radius 2 is 1.56 bits per heavy atom. The molecule has 1 heterocycles. The smallest absolute Gasteiger partial charge is 0.247 e. The Morgan fingerprint density at radius 3 is 2.20 bits per heavy atom. The van der Waals surface area contributed by atoms with Crippen molar-refractivity contribution in [2.24, 2.45) is 0 Å². The molecule has 3 aromatic rings. The number of carbonyl (C=O) groups is 2. The maximum Gasteiger partial charge on any atom is 0.247 e. The van der Waals surface area contributed by atoms with Gasteiger partial charge in [0, 0.05) is 37.6 Å². The lowest BCUT2D eigenvalue weighted by molar-refractivity contribution is -0.141. The van der Waals surface area contributed by atoms with Crippen molar-refractivity contribution in [1.29, 1.82) is 0 Å². The molecule has 9 heteroatoms. The van der Waals surface area contributed by atoms with Gasteiger partial charge in [-0.1, -0.05) is 79.5 Å². The van der Waals surface area contributed by atoms with Crippen LogP contribution < -0.4 is 5.32 Å². The highest BCUT2D eigenvalue weighted by Crippen LogP contribution is 2.26. The topological polar surface area (TPSA) is 86.8 Å². The summed E-state index contributed by atoms with van der Waals surface area (Å²) < 4.78 is 27.3. The fraction of sp³-hybridized carbons (Fsp3) is 0.375. The van der Waals surface area contributed by atoms with Gasteiger partial charge in [-0.2, -0.15) is 4.31 Å². The van der Waals surface area contributed by atoms with E-state index in [9.17, 15) is 18.0 Å². The van der Waals surface area contributed by atoms with Crippen molar-refractivity contribution < 1.29 is 18.0 Å². The van der Waals surface area contributed by atoms with E-state index >= 15 is 0 Å². The van der Waals surface area contributed by atoms with Crippen LogP contribution in [0.2, 0.25) is 5.02 Å². The molecule has 41 heavy (non-hydrogen) atoms. The van der Waals surface area contributed by atoms with Crippen molar-refractivity contribution in [3.63, 3.8) is 0 Å². The summed E-state index contributed by atoms with van der Waals surface area (Å²) in [6, 6.07) is 22.6. The Bertz CT molecular complexity index is 1390. The molecule has 0 bridgehead atoms. The SMILES string of the molecule is CCCCNC(=O)[C@H](c1ccccc1)N(Cc1ccc(Cl)cc1)C(=O)CCc1ccc(S(=O)(=O)N2CCCC2)cc1. The summed E-state index contributed by atoms with van der Waals surface area (Å²) in [6.45, 7) is 3.94. The zero-order valence-electron chi connectivity index (χ0n) is 23.5. The van der Waals surface area contributed by atoms with E-state index in [2.05, 4.69) is 12.2 Å². The minimum absolute atomic E-state index is 0.164. The molecule has 0 aliphatic carbocycles. The Labute approximate surface area is 248 Å². The van der Waals surface area contributed by atoms with E-state index in [1.54, 1.807) is 41.3 Å². The number of aryl methyl sites for hydroxylation is 1. The summed E-state index contributed by atoms with van der Waals surface area (Å²) in [5.41, 5.74) is 2.45. The zero-order valence-corrected chi connectivity index (χ0v) is 25.0. The molecule has 1 saturated heterocycles. The third-order valence-corrected chi connectivity index (χ3v) is 9.51. The van der Waals surface area contributed by atoms with Crippen LogP contribution in [0.5, 0.6) is 0 Å². The van der Waals surface area contributed by atoms with Gasteiger partial charge in [0.1, 0.15) is 6.04 Å². The number of carbonyl (C=O) groups excluding carboxylic acids is 2. The van der Waals surface area contributed by atoms with Crippen LogP contribution in [0.25, 0.3) is 0 Å². The first-order chi connectivity index (χ1) is 19.8. The van der Waals surface area contributed by atoms with Crippen LogP contribution in [-0.2, 0) is 32.6 Å². The molecule has 1 atom stereocenters. The molecule has 3 aromatic carbocycles. The molecule has 4 rings (SSSR count).